The summed E-state index contributed by atoms with van der Waals surface area (Å²) >= 11 is 0. The molecule has 0 radical (unpaired) electrons. The molecule has 16 heavy (non-hydrogen) atoms. The maximum Gasteiger partial charge on any atom is 0.185 e. The third-order valence-corrected chi connectivity index (χ3v) is 2.67. The Labute approximate surface area is 91.3 Å². The molecule has 0 fully saturated rings. The van der Waals surface area contributed by atoms with Crippen molar-refractivity contribution in [3.8, 4) is 0 Å². The molecule has 3 aromatic rings. The summed E-state index contributed by atoms with van der Waals surface area (Å²) in [5, 5.41) is 21.8. The quantitative estimate of drug-likeness (QED) is 0.658. The second kappa shape index (κ2) is 3.24. The molecule has 0 saturated heterocycles. The Kier molecular flexibility index (Phi) is 1.87. The van der Waals surface area contributed by atoms with E-state index in [4.69, 9.17) is 0 Å². The molecule has 0 amide bonds. The predicted octanol–water partition coefficient (Wildman–Crippen LogP) is 1.08. The summed E-state index contributed by atoms with van der Waals surface area (Å²) in [7, 11) is 0. The zero-order valence-corrected chi connectivity index (χ0v) is 8.75. The molecule has 80 valence electrons. The van der Waals surface area contributed by atoms with Crippen molar-refractivity contribution in [1.82, 2.24) is 20.0 Å². The van der Waals surface area contributed by atoms with Gasteiger partial charge in [0.1, 0.15) is 0 Å². The van der Waals surface area contributed by atoms with E-state index in [1.54, 1.807) is 4.52 Å². The number of aliphatic hydroxyl groups is 1. The molecular formula is C11H10N4O. The molecule has 1 N–H and O–H groups in total. The van der Waals surface area contributed by atoms with Crippen LogP contribution in [0.25, 0.3) is 16.6 Å². The van der Waals surface area contributed by atoms with E-state index < -0.39 is 0 Å². The Bertz CT molecular complexity index is 674. The van der Waals surface area contributed by atoms with Crippen LogP contribution in [0, 0.1) is 6.92 Å². The lowest BCUT2D eigenvalue weighted by atomic mass is 10.1. The van der Waals surface area contributed by atoms with Crippen LogP contribution in [0.1, 0.15) is 11.1 Å². The highest BCUT2D eigenvalue weighted by atomic mass is 16.3. The summed E-state index contributed by atoms with van der Waals surface area (Å²) in [6.07, 6.45) is 0. The number of aryl methyl sites for hydroxylation is 1. The number of pyridine rings is 1. The van der Waals surface area contributed by atoms with Crippen molar-refractivity contribution in [3.05, 3.63) is 35.4 Å². The highest BCUT2D eigenvalue weighted by Crippen LogP contribution is 2.20. The predicted molar refractivity (Wildman–Crippen MR) is 58.9 cm³/mol. The summed E-state index contributed by atoms with van der Waals surface area (Å²) < 4.78 is 1.66. The van der Waals surface area contributed by atoms with Crippen LogP contribution in [-0.4, -0.2) is 25.1 Å². The Morgan fingerprint density at radius 1 is 1.31 bits per heavy atom. The average molecular weight is 214 g/mol. The van der Waals surface area contributed by atoms with Gasteiger partial charge in [0, 0.05) is 10.9 Å². The van der Waals surface area contributed by atoms with E-state index in [9.17, 15) is 5.11 Å². The summed E-state index contributed by atoms with van der Waals surface area (Å²) in [5.74, 6) is 0. The van der Waals surface area contributed by atoms with E-state index in [1.807, 2.05) is 31.2 Å². The van der Waals surface area contributed by atoms with E-state index in [-0.39, 0.29) is 6.61 Å². The molecule has 0 bridgehead atoms. The highest BCUT2D eigenvalue weighted by molar-refractivity contribution is 5.83. The number of aromatic nitrogens is 4. The molecule has 0 unspecified atom stereocenters. The van der Waals surface area contributed by atoms with Gasteiger partial charge in [0.2, 0.25) is 0 Å². The van der Waals surface area contributed by atoms with Gasteiger partial charge in [-0.1, -0.05) is 12.1 Å². The van der Waals surface area contributed by atoms with Crippen LogP contribution in [0.15, 0.2) is 24.3 Å². The minimum absolute atomic E-state index is 0.0618. The van der Waals surface area contributed by atoms with Crippen molar-refractivity contribution in [2.75, 3.05) is 0 Å². The number of hydrogen-bond acceptors (Lipinski definition) is 4. The minimum Gasteiger partial charge on any atom is -0.392 e. The van der Waals surface area contributed by atoms with Crippen molar-refractivity contribution >= 4 is 16.6 Å². The zero-order valence-electron chi connectivity index (χ0n) is 8.75. The van der Waals surface area contributed by atoms with Crippen LogP contribution < -0.4 is 0 Å². The van der Waals surface area contributed by atoms with Crippen molar-refractivity contribution in [1.29, 1.82) is 0 Å². The van der Waals surface area contributed by atoms with Gasteiger partial charge in [-0.3, -0.25) is 0 Å². The topological polar surface area (TPSA) is 63.3 Å². The minimum atomic E-state index is -0.0618. The second-order valence-electron chi connectivity index (χ2n) is 3.80. The van der Waals surface area contributed by atoms with Crippen LogP contribution in [0.5, 0.6) is 0 Å². The third kappa shape index (κ3) is 1.18. The Hall–Kier alpha value is -2.01. The first-order valence-electron chi connectivity index (χ1n) is 5.01. The van der Waals surface area contributed by atoms with Gasteiger partial charge < -0.3 is 5.11 Å². The normalized spacial score (nSPS) is 11.4. The van der Waals surface area contributed by atoms with Crippen LogP contribution >= 0.6 is 0 Å². The van der Waals surface area contributed by atoms with Crippen LogP contribution in [-0.2, 0) is 6.61 Å². The SMILES string of the molecule is Cc1ccc2cc(CO)c3nnnn3c2c1. The molecule has 2 heterocycles. The molecule has 2 aromatic heterocycles. The first-order valence-corrected chi connectivity index (χ1v) is 5.01. The van der Waals surface area contributed by atoms with Gasteiger partial charge in [0.15, 0.2) is 5.65 Å². The van der Waals surface area contributed by atoms with Crippen LogP contribution in [0.4, 0.5) is 0 Å². The summed E-state index contributed by atoms with van der Waals surface area (Å²) in [4.78, 5) is 0. The first kappa shape index (κ1) is 9.23. The highest BCUT2D eigenvalue weighted by Gasteiger charge is 2.08. The largest absolute Gasteiger partial charge is 0.392 e. The van der Waals surface area contributed by atoms with Gasteiger partial charge in [0.25, 0.3) is 0 Å². The number of aliphatic hydroxyl groups excluding tert-OH is 1. The van der Waals surface area contributed by atoms with Crippen molar-refractivity contribution in [2.24, 2.45) is 0 Å². The summed E-state index contributed by atoms with van der Waals surface area (Å²) in [6.45, 7) is 1.96. The molecular weight excluding hydrogens is 204 g/mol. The molecule has 0 spiro atoms. The van der Waals surface area contributed by atoms with E-state index in [0.29, 0.717) is 5.65 Å². The molecule has 0 saturated carbocycles. The van der Waals surface area contributed by atoms with E-state index >= 15 is 0 Å². The Morgan fingerprint density at radius 2 is 2.19 bits per heavy atom. The Morgan fingerprint density at radius 3 is 3.00 bits per heavy atom. The lowest BCUT2D eigenvalue weighted by Gasteiger charge is -2.04. The van der Waals surface area contributed by atoms with Gasteiger partial charge in [-0.2, -0.15) is 4.52 Å². The number of hydrogen-bond donors (Lipinski definition) is 1. The average Bonchev–Trinajstić information content (AvgIpc) is 2.77. The standard InChI is InChI=1S/C11H10N4O/c1-7-2-3-8-5-9(6-16)11-12-13-14-15(11)10(8)4-7/h2-5,16H,6H2,1H3. The van der Waals surface area contributed by atoms with Crippen LogP contribution in [0.2, 0.25) is 0 Å². The lowest BCUT2D eigenvalue weighted by molar-refractivity contribution is 0.283. The first-order chi connectivity index (χ1) is 7.79. The summed E-state index contributed by atoms with van der Waals surface area (Å²) in [6, 6.07) is 7.98. The molecule has 5 nitrogen and oxygen atoms in total. The van der Waals surface area contributed by atoms with Gasteiger partial charge >= 0.3 is 0 Å². The number of fused-ring (bicyclic) bond motifs is 3. The molecule has 0 atom stereocenters. The van der Waals surface area contributed by atoms with Crippen LogP contribution in [0.3, 0.4) is 0 Å². The monoisotopic (exact) mass is 214 g/mol. The summed E-state index contributed by atoms with van der Waals surface area (Å²) in [5.41, 5.74) is 3.46. The van der Waals surface area contributed by atoms with E-state index in [2.05, 4.69) is 15.5 Å². The molecule has 3 rings (SSSR count). The molecule has 5 heteroatoms. The number of rotatable bonds is 1. The van der Waals surface area contributed by atoms with Crippen molar-refractivity contribution in [3.63, 3.8) is 0 Å². The van der Waals surface area contributed by atoms with Gasteiger partial charge in [-0.25, -0.2) is 0 Å². The number of tetrazole rings is 1. The maximum atomic E-state index is 9.26. The fraction of sp³-hybridized carbons (Fsp3) is 0.182. The Balaban J connectivity index is 2.54. The zero-order chi connectivity index (χ0) is 11.1. The number of nitrogens with zero attached hydrogens (tertiary/aromatic N) is 4. The fourth-order valence-corrected chi connectivity index (χ4v) is 1.88. The molecule has 0 aliphatic heterocycles. The van der Waals surface area contributed by atoms with Crippen molar-refractivity contribution in [2.45, 2.75) is 13.5 Å². The van der Waals surface area contributed by atoms with Gasteiger partial charge in [-0.15, -0.1) is 5.10 Å². The lowest BCUT2D eigenvalue weighted by Crippen LogP contribution is -1.96. The van der Waals surface area contributed by atoms with Gasteiger partial charge in [0.05, 0.1) is 12.1 Å². The second-order valence-corrected chi connectivity index (χ2v) is 3.80. The molecule has 0 aliphatic rings. The molecule has 1 aromatic carbocycles. The third-order valence-electron chi connectivity index (χ3n) is 2.67. The van der Waals surface area contributed by atoms with E-state index in [0.717, 1.165) is 22.0 Å². The maximum absolute atomic E-state index is 9.26. The van der Waals surface area contributed by atoms with Gasteiger partial charge in [-0.05, 0) is 35.0 Å². The van der Waals surface area contributed by atoms with E-state index in [1.165, 1.54) is 0 Å². The number of benzene rings is 1. The molecule has 0 aliphatic carbocycles. The fourth-order valence-electron chi connectivity index (χ4n) is 1.88. The smallest absolute Gasteiger partial charge is 0.185 e. The van der Waals surface area contributed by atoms with Crippen molar-refractivity contribution < 1.29 is 5.11 Å².